The highest BCUT2D eigenvalue weighted by atomic mass is 127. The van der Waals surface area contributed by atoms with Gasteiger partial charge in [-0.3, -0.25) is 0 Å². The van der Waals surface area contributed by atoms with Gasteiger partial charge in [0.15, 0.2) is 4.24 Å². The molecule has 0 unspecified atom stereocenters. The van der Waals surface area contributed by atoms with E-state index in [1.165, 1.54) is 24.3 Å². The van der Waals surface area contributed by atoms with E-state index >= 15 is 0 Å². The Morgan fingerprint density at radius 3 is 1.26 bits per heavy atom. The summed E-state index contributed by atoms with van der Waals surface area (Å²) < 4.78 is 52.8. The van der Waals surface area contributed by atoms with Gasteiger partial charge in [0.05, 0.1) is 13.4 Å². The zero-order valence-electron chi connectivity index (χ0n) is 14.0. The first kappa shape index (κ1) is 19.8. The minimum Gasteiger partial charge on any atom is -0.218 e. The molecule has 0 aliphatic carbocycles. The Morgan fingerprint density at radius 1 is 0.556 bits per heavy atom. The van der Waals surface area contributed by atoms with E-state index in [1.54, 1.807) is 89.3 Å². The van der Waals surface area contributed by atoms with Crippen molar-refractivity contribution in [3.8, 4) is 0 Å². The number of hydrogen-bond donors (Lipinski definition) is 0. The highest BCUT2D eigenvalue weighted by molar-refractivity contribution is 14.1. The van der Waals surface area contributed by atoms with Gasteiger partial charge in [-0.25, -0.2) is 16.8 Å². The maximum Gasteiger partial charge on any atom is 0.219 e. The third kappa shape index (κ3) is 3.99. The van der Waals surface area contributed by atoms with Crippen LogP contribution in [0.5, 0.6) is 0 Å². The Bertz CT molecular complexity index is 1100. The molecule has 0 fully saturated rings. The second kappa shape index (κ2) is 7.95. The molecule has 0 saturated heterocycles. The van der Waals surface area contributed by atoms with Crippen LogP contribution in [0.4, 0.5) is 0 Å². The predicted octanol–water partition coefficient (Wildman–Crippen LogP) is 4.70. The van der Waals surface area contributed by atoms with Crippen molar-refractivity contribution in [3.63, 3.8) is 0 Å². The van der Waals surface area contributed by atoms with Crippen LogP contribution in [-0.2, 0) is 19.7 Å². The van der Waals surface area contributed by atoms with Crippen LogP contribution in [0, 0.1) is 0 Å². The van der Waals surface area contributed by atoms with Crippen LogP contribution in [0.2, 0.25) is 0 Å². The molecule has 27 heavy (non-hydrogen) atoms. The summed E-state index contributed by atoms with van der Waals surface area (Å²) >= 11 is 1.79. The first-order valence-electron chi connectivity index (χ1n) is 7.90. The number of sulfone groups is 2. The molecular weight excluding hydrogens is 495 g/mol. The maximum absolute atomic E-state index is 13.3. The number of benzene rings is 3. The van der Waals surface area contributed by atoms with E-state index in [9.17, 15) is 16.8 Å². The molecule has 0 atom stereocenters. The Balaban J connectivity index is 2.36. The summed E-state index contributed by atoms with van der Waals surface area (Å²) in [5, 5.41) is 0. The molecule has 138 valence electrons. The number of halogens is 1. The van der Waals surface area contributed by atoms with Crippen LogP contribution in [0.25, 0.3) is 3.58 Å². The zero-order valence-corrected chi connectivity index (χ0v) is 17.8. The van der Waals surface area contributed by atoms with Crippen LogP contribution in [-0.4, -0.2) is 16.8 Å². The molecule has 4 nitrogen and oxygen atoms in total. The second-order valence-electron chi connectivity index (χ2n) is 5.60. The van der Waals surface area contributed by atoms with Crippen molar-refractivity contribution in [2.24, 2.45) is 0 Å². The number of hydrogen-bond acceptors (Lipinski definition) is 4. The minimum absolute atomic E-state index is 0.0652. The minimum atomic E-state index is -4.27. The lowest BCUT2D eigenvalue weighted by molar-refractivity contribution is 0.595. The molecule has 0 radical (unpaired) electrons. The van der Waals surface area contributed by atoms with Crippen molar-refractivity contribution in [2.45, 2.75) is 9.79 Å². The molecule has 3 aromatic rings. The molecular formula is C20H15IO4S2. The summed E-state index contributed by atoms with van der Waals surface area (Å²) in [6.45, 7) is 0. The molecule has 0 heterocycles. The molecule has 3 aromatic carbocycles. The molecule has 0 bridgehead atoms. The molecule has 0 saturated carbocycles. The summed E-state index contributed by atoms with van der Waals surface area (Å²) in [6.07, 6.45) is 0. The number of rotatable bonds is 5. The van der Waals surface area contributed by atoms with E-state index in [0.717, 1.165) is 0 Å². The summed E-state index contributed by atoms with van der Waals surface area (Å²) in [4.78, 5) is -0.130. The van der Waals surface area contributed by atoms with Gasteiger partial charge >= 0.3 is 0 Å². The fourth-order valence-corrected chi connectivity index (χ4v) is 8.49. The second-order valence-corrected chi connectivity index (χ2v) is 10.7. The van der Waals surface area contributed by atoms with Gasteiger partial charge < -0.3 is 0 Å². The quantitative estimate of drug-likeness (QED) is 0.467. The average Bonchev–Trinajstić information content (AvgIpc) is 2.69. The van der Waals surface area contributed by atoms with Crippen molar-refractivity contribution in [1.82, 2.24) is 0 Å². The van der Waals surface area contributed by atoms with Crippen molar-refractivity contribution < 1.29 is 16.8 Å². The third-order valence-corrected chi connectivity index (χ3v) is 10.2. The topological polar surface area (TPSA) is 68.3 Å². The van der Waals surface area contributed by atoms with E-state index < -0.39 is 23.9 Å². The van der Waals surface area contributed by atoms with Gasteiger partial charge in [-0.2, -0.15) is 0 Å². The predicted molar refractivity (Wildman–Crippen MR) is 115 cm³/mol. The normalized spacial score (nSPS) is 11.7. The van der Waals surface area contributed by atoms with Crippen LogP contribution < -0.4 is 0 Å². The monoisotopic (exact) mass is 510 g/mol. The van der Waals surface area contributed by atoms with Crippen molar-refractivity contribution in [3.05, 3.63) is 101 Å². The van der Waals surface area contributed by atoms with Gasteiger partial charge in [-0.15, -0.1) is 0 Å². The fourth-order valence-electron chi connectivity index (χ4n) is 2.50. The Labute approximate surface area is 172 Å². The molecule has 0 N–H and O–H groups in total. The van der Waals surface area contributed by atoms with Gasteiger partial charge in [0.2, 0.25) is 19.7 Å². The smallest absolute Gasteiger partial charge is 0.218 e. The third-order valence-electron chi connectivity index (χ3n) is 3.80. The van der Waals surface area contributed by atoms with E-state index in [-0.39, 0.29) is 13.4 Å². The lowest BCUT2D eigenvalue weighted by atomic mass is 10.2. The Kier molecular flexibility index (Phi) is 5.83. The Hall–Kier alpha value is -1.97. The summed E-state index contributed by atoms with van der Waals surface area (Å²) in [7, 11) is -8.54. The first-order chi connectivity index (χ1) is 12.8. The Morgan fingerprint density at radius 2 is 0.889 bits per heavy atom. The van der Waals surface area contributed by atoms with Crippen LogP contribution in [0.1, 0.15) is 5.56 Å². The molecule has 0 aromatic heterocycles. The van der Waals surface area contributed by atoms with Crippen LogP contribution >= 0.6 is 22.6 Å². The summed E-state index contributed by atoms with van der Waals surface area (Å²) in [5.74, 6) is 0. The molecule has 0 aliphatic heterocycles. The largest absolute Gasteiger partial charge is 0.219 e. The van der Waals surface area contributed by atoms with Gasteiger partial charge in [0.1, 0.15) is 0 Å². The summed E-state index contributed by atoms with van der Waals surface area (Å²) in [6, 6.07) is 23.8. The van der Waals surface area contributed by atoms with Crippen molar-refractivity contribution in [2.75, 3.05) is 0 Å². The summed E-state index contributed by atoms with van der Waals surface area (Å²) in [5.41, 5.74) is 0.520. The average molecular weight is 510 g/mol. The first-order valence-corrected chi connectivity index (χ1v) is 11.9. The highest BCUT2D eigenvalue weighted by Gasteiger charge is 2.36. The molecule has 3 rings (SSSR count). The van der Waals surface area contributed by atoms with Crippen molar-refractivity contribution >= 4 is 45.8 Å². The van der Waals surface area contributed by atoms with Crippen LogP contribution in [0.15, 0.2) is 105 Å². The van der Waals surface area contributed by atoms with Gasteiger partial charge in [0, 0.05) is 0 Å². The lowest BCUT2D eigenvalue weighted by Gasteiger charge is -2.14. The lowest BCUT2D eigenvalue weighted by Crippen LogP contribution is -2.16. The van der Waals surface area contributed by atoms with E-state index in [4.69, 9.17) is 0 Å². The van der Waals surface area contributed by atoms with Crippen molar-refractivity contribution in [1.29, 1.82) is 0 Å². The zero-order chi connectivity index (χ0) is 19.5. The maximum atomic E-state index is 13.3. The molecule has 7 heteroatoms. The SMILES string of the molecule is O=S(=O)(C(=C(I)c1ccccc1)S(=O)(=O)c1ccccc1)c1ccccc1. The standard InChI is InChI=1S/C20H15IO4S2/c21-19(16-10-4-1-5-11-16)20(26(22,23)17-12-6-2-7-13-17)27(24,25)18-14-8-3-9-15-18/h1-15H. The fraction of sp³-hybridized carbons (Fsp3) is 0. The van der Waals surface area contributed by atoms with Gasteiger partial charge in [0.25, 0.3) is 0 Å². The van der Waals surface area contributed by atoms with E-state index in [2.05, 4.69) is 0 Å². The van der Waals surface area contributed by atoms with Crippen LogP contribution in [0.3, 0.4) is 0 Å². The van der Waals surface area contributed by atoms with E-state index in [1.807, 2.05) is 0 Å². The highest BCUT2D eigenvalue weighted by Crippen LogP contribution is 2.38. The van der Waals surface area contributed by atoms with Gasteiger partial charge in [-0.1, -0.05) is 66.7 Å². The molecule has 0 amide bonds. The molecule has 0 spiro atoms. The van der Waals surface area contributed by atoms with Gasteiger partial charge in [-0.05, 0) is 52.4 Å². The van der Waals surface area contributed by atoms with E-state index in [0.29, 0.717) is 5.56 Å². The molecule has 0 aliphatic rings.